The van der Waals surface area contributed by atoms with Gasteiger partial charge in [0.25, 0.3) is 0 Å². The van der Waals surface area contributed by atoms with Crippen LogP contribution in [0.4, 0.5) is 4.39 Å². The second kappa shape index (κ2) is 3.81. The van der Waals surface area contributed by atoms with E-state index in [-0.39, 0.29) is 5.83 Å². The van der Waals surface area contributed by atoms with Gasteiger partial charge in [-0.2, -0.15) is 0 Å². The molecule has 0 atom stereocenters. The fraction of sp³-hybridized carbons (Fsp3) is 0.600. The predicted molar refractivity (Wildman–Crippen MR) is 28.5 cm³/mol. The van der Waals surface area contributed by atoms with Crippen LogP contribution in [0.2, 0.25) is 0 Å². The lowest BCUT2D eigenvalue weighted by molar-refractivity contribution is 0.600. The first-order chi connectivity index (χ1) is 3.31. The Balaban J connectivity index is 3.29. The van der Waals surface area contributed by atoms with Gasteiger partial charge in [-0.3, -0.25) is 0 Å². The van der Waals surface area contributed by atoms with Crippen LogP contribution in [0.3, 0.4) is 0 Å². The molecule has 7 heavy (non-hydrogen) atoms. The van der Waals surface area contributed by atoms with Crippen LogP contribution >= 0.6 is 0 Å². The van der Waals surface area contributed by atoms with E-state index in [2.05, 4.69) is 0 Å². The second-order valence-electron chi connectivity index (χ2n) is 1.24. The Hall–Kier alpha value is -0.370. The lowest BCUT2D eigenvalue weighted by atomic mass is 10.4. The first kappa shape index (κ1) is 6.63. The molecule has 0 spiro atoms. The molecule has 0 aromatic rings. The zero-order valence-electron chi connectivity index (χ0n) is 4.45. The molecule has 0 amide bonds. The van der Waals surface area contributed by atoms with Crippen molar-refractivity contribution in [2.75, 3.05) is 6.54 Å². The summed E-state index contributed by atoms with van der Waals surface area (Å²) in [5, 5.41) is 0. The molecule has 0 aliphatic rings. The van der Waals surface area contributed by atoms with Crippen molar-refractivity contribution in [3.05, 3.63) is 11.9 Å². The second-order valence-corrected chi connectivity index (χ2v) is 1.24. The largest absolute Gasteiger partial charge is 0.327 e. The molecule has 0 saturated carbocycles. The van der Waals surface area contributed by atoms with E-state index in [4.69, 9.17) is 5.73 Å². The summed E-state index contributed by atoms with van der Waals surface area (Å²) in [7, 11) is 0. The van der Waals surface area contributed by atoms with Crippen molar-refractivity contribution in [2.24, 2.45) is 5.73 Å². The highest BCUT2D eigenvalue weighted by Crippen LogP contribution is 1.97. The zero-order valence-corrected chi connectivity index (χ0v) is 4.45. The summed E-state index contributed by atoms with van der Waals surface area (Å²) in [6.45, 7) is 2.06. The van der Waals surface area contributed by atoms with Gasteiger partial charge < -0.3 is 5.73 Å². The molecule has 0 aromatic carbocycles. The van der Waals surface area contributed by atoms with Gasteiger partial charge in [0.15, 0.2) is 0 Å². The number of hydrogen-bond acceptors (Lipinski definition) is 1. The number of hydrogen-bond donors (Lipinski definition) is 1. The van der Waals surface area contributed by atoms with E-state index in [0.29, 0.717) is 13.0 Å². The van der Waals surface area contributed by atoms with Crippen LogP contribution in [0.1, 0.15) is 13.3 Å². The highest BCUT2D eigenvalue weighted by molar-refractivity contribution is 4.90. The number of halogens is 1. The average molecular weight is 103 g/mol. The standard InChI is InChI=1S/C5H10FN/c1-2-5(6)3-4-7/h3H,2,4,7H2,1H3/b5-3-. The van der Waals surface area contributed by atoms with Gasteiger partial charge in [-0.25, -0.2) is 4.39 Å². The van der Waals surface area contributed by atoms with Crippen molar-refractivity contribution in [3.8, 4) is 0 Å². The maximum atomic E-state index is 11.9. The van der Waals surface area contributed by atoms with Crippen LogP contribution in [-0.4, -0.2) is 6.54 Å². The molecular weight excluding hydrogens is 93.1 g/mol. The Labute approximate surface area is 43.0 Å². The van der Waals surface area contributed by atoms with Gasteiger partial charge in [-0.1, -0.05) is 6.92 Å². The first-order valence-electron chi connectivity index (χ1n) is 2.35. The molecule has 0 saturated heterocycles. The van der Waals surface area contributed by atoms with Crippen molar-refractivity contribution in [1.29, 1.82) is 0 Å². The van der Waals surface area contributed by atoms with Gasteiger partial charge in [0, 0.05) is 6.54 Å². The van der Waals surface area contributed by atoms with E-state index >= 15 is 0 Å². The van der Waals surface area contributed by atoms with Crippen LogP contribution in [0.25, 0.3) is 0 Å². The Kier molecular flexibility index (Phi) is 3.61. The fourth-order valence-electron chi connectivity index (χ4n) is 0.272. The third-order valence-corrected chi connectivity index (χ3v) is 0.677. The van der Waals surface area contributed by atoms with E-state index < -0.39 is 0 Å². The van der Waals surface area contributed by atoms with Gasteiger partial charge in [-0.15, -0.1) is 0 Å². The van der Waals surface area contributed by atoms with Crippen LogP contribution < -0.4 is 5.73 Å². The van der Waals surface area contributed by atoms with Crippen LogP contribution in [-0.2, 0) is 0 Å². The summed E-state index contributed by atoms with van der Waals surface area (Å²) in [5.74, 6) is -0.123. The average Bonchev–Trinajstić information content (AvgIpc) is 1.68. The first-order valence-corrected chi connectivity index (χ1v) is 2.35. The van der Waals surface area contributed by atoms with Crippen LogP contribution in [0, 0.1) is 0 Å². The highest BCUT2D eigenvalue weighted by Gasteiger charge is 1.82. The predicted octanol–water partition coefficient (Wildman–Crippen LogP) is 1.21. The van der Waals surface area contributed by atoms with E-state index in [1.54, 1.807) is 6.92 Å². The maximum absolute atomic E-state index is 11.9. The van der Waals surface area contributed by atoms with E-state index in [0.717, 1.165) is 0 Å². The molecule has 0 fully saturated rings. The van der Waals surface area contributed by atoms with Crippen molar-refractivity contribution in [1.82, 2.24) is 0 Å². The van der Waals surface area contributed by atoms with Gasteiger partial charge in [0.05, 0.1) is 5.83 Å². The quantitative estimate of drug-likeness (QED) is 0.558. The highest BCUT2D eigenvalue weighted by atomic mass is 19.1. The Bertz CT molecular complexity index is 68.5. The monoisotopic (exact) mass is 103 g/mol. The zero-order chi connectivity index (χ0) is 5.70. The Morgan fingerprint density at radius 1 is 1.86 bits per heavy atom. The molecule has 0 aliphatic heterocycles. The molecule has 1 nitrogen and oxygen atoms in total. The topological polar surface area (TPSA) is 26.0 Å². The molecule has 0 aliphatic carbocycles. The summed E-state index contributed by atoms with van der Waals surface area (Å²) < 4.78 is 11.9. The number of allylic oxidation sites excluding steroid dienone is 1. The van der Waals surface area contributed by atoms with Gasteiger partial charge in [0.1, 0.15) is 0 Å². The molecule has 0 aromatic heterocycles. The molecule has 0 rings (SSSR count). The molecule has 2 N–H and O–H groups in total. The summed E-state index contributed by atoms with van der Waals surface area (Å²) in [4.78, 5) is 0. The minimum Gasteiger partial charge on any atom is -0.327 e. The Morgan fingerprint density at radius 3 is 2.57 bits per heavy atom. The summed E-state index contributed by atoms with van der Waals surface area (Å²) in [5.41, 5.74) is 4.99. The van der Waals surface area contributed by atoms with E-state index in [9.17, 15) is 4.39 Å². The Morgan fingerprint density at radius 2 is 2.43 bits per heavy atom. The normalized spacial score (nSPS) is 12.1. The molecule has 0 bridgehead atoms. The van der Waals surface area contributed by atoms with Crippen molar-refractivity contribution < 1.29 is 4.39 Å². The van der Waals surface area contributed by atoms with Crippen molar-refractivity contribution in [3.63, 3.8) is 0 Å². The van der Waals surface area contributed by atoms with E-state index in [1.165, 1.54) is 6.08 Å². The molecule has 0 heterocycles. The molecule has 0 unspecified atom stereocenters. The molecule has 2 heteroatoms. The van der Waals surface area contributed by atoms with Gasteiger partial charge >= 0.3 is 0 Å². The summed E-state index contributed by atoms with van der Waals surface area (Å²) in [6, 6.07) is 0. The smallest absolute Gasteiger partial charge is 0.0969 e. The number of nitrogens with two attached hydrogens (primary N) is 1. The van der Waals surface area contributed by atoms with Gasteiger partial charge in [0.2, 0.25) is 0 Å². The minimum absolute atomic E-state index is 0.123. The summed E-state index contributed by atoms with van der Waals surface area (Å²) in [6.07, 6.45) is 1.83. The van der Waals surface area contributed by atoms with Crippen LogP contribution in [0.15, 0.2) is 11.9 Å². The SMILES string of the molecule is CC/C(F)=C/CN. The number of rotatable bonds is 2. The molecule has 0 radical (unpaired) electrons. The fourth-order valence-corrected chi connectivity index (χ4v) is 0.272. The maximum Gasteiger partial charge on any atom is 0.0969 e. The van der Waals surface area contributed by atoms with Gasteiger partial charge in [-0.05, 0) is 12.5 Å². The third-order valence-electron chi connectivity index (χ3n) is 0.677. The lowest BCUT2D eigenvalue weighted by Crippen LogP contribution is -1.93. The van der Waals surface area contributed by atoms with Crippen molar-refractivity contribution in [2.45, 2.75) is 13.3 Å². The lowest BCUT2D eigenvalue weighted by Gasteiger charge is -1.83. The van der Waals surface area contributed by atoms with Crippen molar-refractivity contribution >= 4 is 0 Å². The minimum atomic E-state index is -0.123. The third kappa shape index (κ3) is 3.46. The van der Waals surface area contributed by atoms with Crippen LogP contribution in [0.5, 0.6) is 0 Å². The molecule has 42 valence electrons. The summed E-state index contributed by atoms with van der Waals surface area (Å²) >= 11 is 0. The molecular formula is C5H10FN. The van der Waals surface area contributed by atoms with E-state index in [1.807, 2.05) is 0 Å².